The van der Waals surface area contributed by atoms with Crippen LogP contribution in [0.4, 0.5) is 16.3 Å². The number of nitrogens with zero attached hydrogens (tertiary/aromatic N) is 3. The number of amides is 2. The lowest BCUT2D eigenvalue weighted by molar-refractivity contribution is -0.218. The molecule has 0 spiro atoms. The molecule has 2 aromatic carbocycles. The van der Waals surface area contributed by atoms with E-state index in [-0.39, 0.29) is 30.2 Å². The summed E-state index contributed by atoms with van der Waals surface area (Å²) in [6.45, 7) is 0.629. The first-order valence-corrected chi connectivity index (χ1v) is 14.7. The number of anilines is 2. The Kier molecular flexibility index (Phi) is 8.52. The highest BCUT2D eigenvalue weighted by atomic mass is 16.7. The highest BCUT2D eigenvalue weighted by Gasteiger charge is 2.34. The van der Waals surface area contributed by atoms with E-state index in [2.05, 4.69) is 31.4 Å². The maximum Gasteiger partial charge on any atom is 0.405 e. The Labute approximate surface area is 249 Å². The van der Waals surface area contributed by atoms with Crippen LogP contribution in [0.15, 0.2) is 67.1 Å². The van der Waals surface area contributed by atoms with E-state index in [9.17, 15) is 9.59 Å². The van der Waals surface area contributed by atoms with Crippen LogP contribution in [0.25, 0.3) is 22.2 Å². The predicted molar refractivity (Wildman–Crippen MR) is 162 cm³/mol. The SMILES string of the molecule is Nc1ncnc2c1c(-c1ccc(NC(=O)CCc3ccccc3)cc1)cn2[C@H]1CC[C@H](C2OCC(NC(=O)O)CO2)CC1. The largest absolute Gasteiger partial charge is 0.465 e. The second kappa shape index (κ2) is 12.8. The van der Waals surface area contributed by atoms with Crippen LogP contribution in [0.3, 0.4) is 0 Å². The molecule has 2 aromatic heterocycles. The molecule has 3 heterocycles. The van der Waals surface area contributed by atoms with Gasteiger partial charge in [-0.1, -0.05) is 42.5 Å². The minimum atomic E-state index is -1.07. The Bertz CT molecular complexity index is 1560. The number of benzene rings is 2. The molecule has 0 radical (unpaired) electrons. The number of hydrogen-bond acceptors (Lipinski definition) is 7. The van der Waals surface area contributed by atoms with Gasteiger partial charge >= 0.3 is 6.09 Å². The van der Waals surface area contributed by atoms with Gasteiger partial charge in [-0.2, -0.15) is 0 Å². The molecule has 43 heavy (non-hydrogen) atoms. The van der Waals surface area contributed by atoms with Gasteiger partial charge in [-0.05, 0) is 55.4 Å². The van der Waals surface area contributed by atoms with Crippen molar-refractivity contribution in [2.24, 2.45) is 5.92 Å². The molecule has 1 saturated heterocycles. The Hall–Kier alpha value is -4.48. The molecule has 224 valence electrons. The zero-order valence-corrected chi connectivity index (χ0v) is 23.8. The van der Waals surface area contributed by atoms with Crippen molar-refractivity contribution < 1.29 is 24.2 Å². The van der Waals surface area contributed by atoms with Crippen LogP contribution in [-0.2, 0) is 20.7 Å². The summed E-state index contributed by atoms with van der Waals surface area (Å²) < 4.78 is 14.0. The van der Waals surface area contributed by atoms with Crippen LogP contribution in [0, 0.1) is 5.92 Å². The summed E-state index contributed by atoms with van der Waals surface area (Å²) in [4.78, 5) is 32.3. The molecule has 0 bridgehead atoms. The molecule has 2 aliphatic rings. The first-order valence-electron chi connectivity index (χ1n) is 14.7. The molecule has 11 heteroatoms. The highest BCUT2D eigenvalue weighted by molar-refractivity contribution is 6.01. The number of ether oxygens (including phenoxy) is 2. The van der Waals surface area contributed by atoms with E-state index in [1.807, 2.05) is 54.6 Å². The third-order valence-corrected chi connectivity index (χ3v) is 8.37. The summed E-state index contributed by atoms with van der Waals surface area (Å²) in [5, 5.41) is 15.2. The van der Waals surface area contributed by atoms with E-state index in [0.717, 1.165) is 59.1 Å². The molecule has 1 aliphatic heterocycles. The molecule has 4 aromatic rings. The number of aromatic nitrogens is 3. The molecule has 0 atom stereocenters. The van der Waals surface area contributed by atoms with Crippen molar-refractivity contribution in [2.45, 2.75) is 56.9 Å². The molecule has 1 aliphatic carbocycles. The summed E-state index contributed by atoms with van der Waals surface area (Å²) >= 11 is 0. The monoisotopic (exact) mass is 584 g/mol. The Morgan fingerprint density at radius 1 is 0.977 bits per heavy atom. The number of carbonyl (C=O) groups is 2. The number of carbonyl (C=O) groups excluding carboxylic acids is 1. The molecule has 5 N–H and O–H groups in total. The van der Waals surface area contributed by atoms with Crippen LogP contribution in [0.1, 0.15) is 43.7 Å². The number of fused-ring (bicyclic) bond motifs is 1. The topological polar surface area (TPSA) is 154 Å². The fourth-order valence-corrected chi connectivity index (χ4v) is 6.17. The summed E-state index contributed by atoms with van der Waals surface area (Å²) in [7, 11) is 0. The smallest absolute Gasteiger partial charge is 0.405 e. The van der Waals surface area contributed by atoms with Crippen molar-refractivity contribution in [1.29, 1.82) is 0 Å². The summed E-state index contributed by atoms with van der Waals surface area (Å²) in [6, 6.07) is 17.7. The molecule has 11 nitrogen and oxygen atoms in total. The Morgan fingerprint density at radius 3 is 2.40 bits per heavy atom. The van der Waals surface area contributed by atoms with Crippen molar-refractivity contribution in [3.05, 3.63) is 72.7 Å². The molecular formula is C32H36N6O5. The minimum Gasteiger partial charge on any atom is -0.465 e. The summed E-state index contributed by atoms with van der Waals surface area (Å²) in [6.07, 6.45) is 7.01. The van der Waals surface area contributed by atoms with Crippen molar-refractivity contribution in [3.8, 4) is 11.1 Å². The van der Waals surface area contributed by atoms with Gasteiger partial charge in [0.2, 0.25) is 5.91 Å². The van der Waals surface area contributed by atoms with E-state index >= 15 is 0 Å². The fourth-order valence-electron chi connectivity index (χ4n) is 6.17. The lowest BCUT2D eigenvalue weighted by atomic mass is 9.85. The third-order valence-electron chi connectivity index (χ3n) is 8.37. The number of nitrogen functional groups attached to an aromatic ring is 1. The van der Waals surface area contributed by atoms with E-state index in [0.29, 0.717) is 31.9 Å². The molecule has 2 amide bonds. The quantitative estimate of drug-likeness (QED) is 0.226. The van der Waals surface area contributed by atoms with Gasteiger partial charge in [-0.3, -0.25) is 4.79 Å². The van der Waals surface area contributed by atoms with Gasteiger partial charge in [-0.15, -0.1) is 0 Å². The van der Waals surface area contributed by atoms with Crippen LogP contribution in [-0.4, -0.2) is 57.2 Å². The lowest BCUT2D eigenvalue weighted by Gasteiger charge is -2.37. The summed E-state index contributed by atoms with van der Waals surface area (Å²) in [5.41, 5.74) is 11.0. The van der Waals surface area contributed by atoms with Crippen LogP contribution >= 0.6 is 0 Å². The number of aryl methyl sites for hydroxylation is 1. The third kappa shape index (κ3) is 6.63. The lowest BCUT2D eigenvalue weighted by Crippen LogP contribution is -2.48. The summed E-state index contributed by atoms with van der Waals surface area (Å²) in [5.74, 6) is 0.653. The fraction of sp³-hybridized carbons (Fsp3) is 0.375. The highest BCUT2D eigenvalue weighted by Crippen LogP contribution is 2.41. The number of carboxylic acid groups (broad SMARTS) is 1. The predicted octanol–water partition coefficient (Wildman–Crippen LogP) is 4.99. The number of nitrogens with one attached hydrogen (secondary N) is 2. The van der Waals surface area contributed by atoms with E-state index < -0.39 is 6.09 Å². The van der Waals surface area contributed by atoms with Gasteiger partial charge in [0.15, 0.2) is 6.29 Å². The van der Waals surface area contributed by atoms with Gasteiger partial charge in [0, 0.05) is 35.8 Å². The van der Waals surface area contributed by atoms with Gasteiger partial charge in [-0.25, -0.2) is 14.8 Å². The molecule has 0 unspecified atom stereocenters. The second-order valence-electron chi connectivity index (χ2n) is 11.3. The van der Waals surface area contributed by atoms with Gasteiger partial charge < -0.3 is 35.5 Å². The van der Waals surface area contributed by atoms with Gasteiger partial charge in [0.1, 0.15) is 17.8 Å². The molecule has 1 saturated carbocycles. The maximum absolute atomic E-state index is 12.5. The van der Waals surface area contributed by atoms with Gasteiger partial charge in [0.05, 0.1) is 24.6 Å². The maximum atomic E-state index is 12.5. The van der Waals surface area contributed by atoms with E-state index in [1.165, 1.54) is 6.33 Å². The zero-order chi connectivity index (χ0) is 29.8. The zero-order valence-electron chi connectivity index (χ0n) is 23.8. The number of hydrogen-bond donors (Lipinski definition) is 4. The number of nitrogens with two attached hydrogens (primary N) is 1. The van der Waals surface area contributed by atoms with Crippen molar-refractivity contribution in [1.82, 2.24) is 19.9 Å². The van der Waals surface area contributed by atoms with E-state index in [4.69, 9.17) is 20.3 Å². The minimum absolute atomic E-state index is 0.0257. The van der Waals surface area contributed by atoms with E-state index in [1.54, 1.807) is 0 Å². The van der Waals surface area contributed by atoms with Crippen molar-refractivity contribution >= 4 is 34.5 Å². The average molecular weight is 585 g/mol. The first kappa shape index (κ1) is 28.6. The average Bonchev–Trinajstić information content (AvgIpc) is 3.42. The van der Waals surface area contributed by atoms with Crippen molar-refractivity contribution in [3.63, 3.8) is 0 Å². The molecular weight excluding hydrogens is 548 g/mol. The number of rotatable bonds is 8. The van der Waals surface area contributed by atoms with Crippen LogP contribution < -0.4 is 16.4 Å². The first-order chi connectivity index (χ1) is 20.9. The Morgan fingerprint density at radius 2 is 1.70 bits per heavy atom. The second-order valence-corrected chi connectivity index (χ2v) is 11.3. The standard InChI is InChI=1S/C32H36N6O5/c33-29-28-26(21-7-11-23(12-8-21)36-27(39)15-6-20-4-2-1-3-5-20)16-38(30(28)35-19-34-29)25-13-9-22(10-14-25)31-42-17-24(18-43-31)37-32(40)41/h1-5,7-8,11-12,16,19,22,24-25,31,37H,6,9-10,13-15,17-18H2,(H,36,39)(H,40,41)(H2,33,34,35)/t22-,24?,25-,31?. The van der Waals surface area contributed by atoms with Gasteiger partial charge in [0.25, 0.3) is 0 Å². The molecule has 6 rings (SSSR count). The molecule has 2 fully saturated rings. The normalized spacial score (nSPS) is 22.2. The van der Waals surface area contributed by atoms with Crippen molar-refractivity contribution in [2.75, 3.05) is 24.3 Å². The van der Waals surface area contributed by atoms with Crippen LogP contribution in [0.5, 0.6) is 0 Å². The Balaban J connectivity index is 1.12. The van der Waals surface area contributed by atoms with Crippen LogP contribution in [0.2, 0.25) is 0 Å².